The standard InChI is InChI=1S/C21H34N4O2.HI/c1-5-22-21(24-17-12-15(2)25(14-17)18-6-7-18)23-13-16(3)27-20-10-8-19(26-4)9-11-20;/h8-11,15-18H,5-7,12-14H2,1-4H3,(H2,22,23,24);1H. The maximum absolute atomic E-state index is 5.96. The largest absolute Gasteiger partial charge is 0.497 e. The molecule has 1 saturated carbocycles. The van der Waals surface area contributed by atoms with Gasteiger partial charge in [0.2, 0.25) is 0 Å². The SMILES string of the molecule is CCNC(=NCC(C)Oc1ccc(OC)cc1)NC1CC(C)N(C2CC2)C1.I. The van der Waals surface area contributed by atoms with Gasteiger partial charge in [0.15, 0.2) is 5.96 Å². The second-order valence-corrected chi connectivity index (χ2v) is 7.68. The van der Waals surface area contributed by atoms with E-state index in [1.165, 1.54) is 19.3 Å². The Morgan fingerprint density at radius 2 is 1.93 bits per heavy atom. The minimum absolute atomic E-state index is 0. The second-order valence-electron chi connectivity index (χ2n) is 7.68. The molecule has 6 nitrogen and oxygen atoms in total. The number of hydrogen-bond acceptors (Lipinski definition) is 4. The van der Waals surface area contributed by atoms with E-state index in [0.717, 1.165) is 36.6 Å². The van der Waals surface area contributed by atoms with Gasteiger partial charge in [-0.3, -0.25) is 4.90 Å². The summed E-state index contributed by atoms with van der Waals surface area (Å²) in [6, 6.07) is 9.62. The lowest BCUT2D eigenvalue weighted by Crippen LogP contribution is -2.45. The number of aliphatic imine (C=N–C) groups is 1. The maximum atomic E-state index is 5.96. The monoisotopic (exact) mass is 502 g/mol. The fourth-order valence-electron chi connectivity index (χ4n) is 3.73. The first kappa shape index (κ1) is 23.1. The van der Waals surface area contributed by atoms with Crippen molar-refractivity contribution in [3.63, 3.8) is 0 Å². The molecule has 1 aromatic carbocycles. The van der Waals surface area contributed by atoms with E-state index in [4.69, 9.17) is 14.5 Å². The van der Waals surface area contributed by atoms with E-state index in [-0.39, 0.29) is 30.1 Å². The fourth-order valence-corrected chi connectivity index (χ4v) is 3.73. The topological polar surface area (TPSA) is 58.1 Å². The van der Waals surface area contributed by atoms with Gasteiger partial charge in [0, 0.05) is 31.2 Å². The lowest BCUT2D eigenvalue weighted by molar-refractivity contribution is 0.230. The summed E-state index contributed by atoms with van der Waals surface area (Å²) >= 11 is 0. The molecule has 0 bridgehead atoms. The number of guanidine groups is 1. The maximum Gasteiger partial charge on any atom is 0.191 e. The van der Waals surface area contributed by atoms with Gasteiger partial charge in [0.05, 0.1) is 13.7 Å². The van der Waals surface area contributed by atoms with Crippen molar-refractivity contribution in [3.8, 4) is 11.5 Å². The lowest BCUT2D eigenvalue weighted by atomic mass is 10.2. The van der Waals surface area contributed by atoms with Crippen LogP contribution in [0.4, 0.5) is 0 Å². The second kappa shape index (κ2) is 11.1. The molecule has 158 valence electrons. The van der Waals surface area contributed by atoms with E-state index >= 15 is 0 Å². The van der Waals surface area contributed by atoms with Gasteiger partial charge in [-0.05, 0) is 64.3 Å². The molecule has 1 saturated heterocycles. The molecule has 3 rings (SSSR count). The van der Waals surface area contributed by atoms with E-state index in [2.05, 4.69) is 29.4 Å². The van der Waals surface area contributed by atoms with Crippen LogP contribution in [-0.2, 0) is 0 Å². The zero-order valence-corrected chi connectivity index (χ0v) is 19.8. The summed E-state index contributed by atoms with van der Waals surface area (Å²) in [4.78, 5) is 7.39. The van der Waals surface area contributed by atoms with Crippen LogP contribution in [0.5, 0.6) is 11.5 Å². The van der Waals surface area contributed by atoms with Crippen LogP contribution in [0.2, 0.25) is 0 Å². The first-order valence-corrected chi connectivity index (χ1v) is 10.2. The minimum atomic E-state index is -0.000634. The number of ether oxygens (including phenoxy) is 2. The van der Waals surface area contributed by atoms with Crippen LogP contribution in [0.25, 0.3) is 0 Å². The van der Waals surface area contributed by atoms with Gasteiger partial charge in [0.25, 0.3) is 0 Å². The average Bonchev–Trinajstić information content (AvgIpc) is 3.44. The third-order valence-electron chi connectivity index (χ3n) is 5.23. The van der Waals surface area contributed by atoms with E-state index in [9.17, 15) is 0 Å². The van der Waals surface area contributed by atoms with Crippen LogP contribution in [0.3, 0.4) is 0 Å². The molecule has 1 aliphatic carbocycles. The van der Waals surface area contributed by atoms with Crippen molar-refractivity contribution in [1.29, 1.82) is 0 Å². The van der Waals surface area contributed by atoms with Crippen molar-refractivity contribution < 1.29 is 9.47 Å². The molecule has 2 N–H and O–H groups in total. The molecule has 28 heavy (non-hydrogen) atoms. The molecule has 0 amide bonds. The Morgan fingerprint density at radius 1 is 1.25 bits per heavy atom. The molecule has 3 atom stereocenters. The normalized spacial score (nSPS) is 23.6. The van der Waals surface area contributed by atoms with Gasteiger partial charge in [-0.25, -0.2) is 4.99 Å². The number of benzene rings is 1. The highest BCUT2D eigenvalue weighted by Gasteiger charge is 2.38. The number of nitrogens with one attached hydrogen (secondary N) is 2. The number of likely N-dealkylation sites (tertiary alicyclic amines) is 1. The molecule has 2 aliphatic rings. The molecule has 2 fully saturated rings. The summed E-state index contributed by atoms with van der Waals surface area (Å²) in [5.74, 6) is 2.55. The van der Waals surface area contributed by atoms with Gasteiger partial charge in [-0.15, -0.1) is 24.0 Å². The molecule has 1 aliphatic heterocycles. The predicted molar refractivity (Wildman–Crippen MR) is 125 cm³/mol. The van der Waals surface area contributed by atoms with Crippen LogP contribution >= 0.6 is 24.0 Å². The van der Waals surface area contributed by atoms with Crippen molar-refractivity contribution in [2.75, 3.05) is 26.7 Å². The van der Waals surface area contributed by atoms with Gasteiger partial charge in [0.1, 0.15) is 17.6 Å². The van der Waals surface area contributed by atoms with Gasteiger partial charge in [-0.2, -0.15) is 0 Å². The molecular formula is C21H35IN4O2. The van der Waals surface area contributed by atoms with Gasteiger partial charge >= 0.3 is 0 Å². The first-order chi connectivity index (χ1) is 13.1. The number of halogens is 1. The average molecular weight is 502 g/mol. The van der Waals surface area contributed by atoms with E-state index in [0.29, 0.717) is 18.6 Å². The van der Waals surface area contributed by atoms with E-state index in [1.54, 1.807) is 7.11 Å². The predicted octanol–water partition coefficient (Wildman–Crippen LogP) is 3.26. The molecule has 3 unspecified atom stereocenters. The summed E-state index contributed by atoms with van der Waals surface area (Å²) in [5, 5.41) is 6.99. The van der Waals surface area contributed by atoms with Crippen LogP contribution in [-0.4, -0.2) is 61.8 Å². The van der Waals surface area contributed by atoms with Crippen molar-refractivity contribution in [3.05, 3.63) is 24.3 Å². The van der Waals surface area contributed by atoms with Gasteiger partial charge in [-0.1, -0.05) is 0 Å². The summed E-state index contributed by atoms with van der Waals surface area (Å²) in [6.07, 6.45) is 3.91. The third-order valence-corrected chi connectivity index (χ3v) is 5.23. The molecule has 1 aromatic rings. The van der Waals surface area contributed by atoms with Crippen molar-refractivity contribution in [2.24, 2.45) is 4.99 Å². The Kier molecular flexibility index (Phi) is 9.14. The summed E-state index contributed by atoms with van der Waals surface area (Å²) in [5.41, 5.74) is 0. The first-order valence-electron chi connectivity index (χ1n) is 10.2. The molecule has 7 heteroatoms. The van der Waals surface area contributed by atoms with Crippen LogP contribution in [0.1, 0.15) is 40.0 Å². The van der Waals surface area contributed by atoms with E-state index < -0.39 is 0 Å². The Bertz CT molecular complexity index is 621. The molecule has 0 aromatic heterocycles. The molecule has 0 spiro atoms. The summed E-state index contributed by atoms with van der Waals surface area (Å²) in [7, 11) is 1.66. The summed E-state index contributed by atoms with van der Waals surface area (Å²) < 4.78 is 11.1. The smallest absolute Gasteiger partial charge is 0.191 e. The van der Waals surface area contributed by atoms with Crippen LogP contribution < -0.4 is 20.1 Å². The van der Waals surface area contributed by atoms with Gasteiger partial charge < -0.3 is 20.1 Å². The fraction of sp³-hybridized carbons (Fsp3) is 0.667. The van der Waals surface area contributed by atoms with Crippen molar-refractivity contribution in [1.82, 2.24) is 15.5 Å². The Labute approximate surface area is 186 Å². The lowest BCUT2D eigenvalue weighted by Gasteiger charge is -2.20. The Morgan fingerprint density at radius 3 is 2.54 bits per heavy atom. The van der Waals surface area contributed by atoms with Crippen LogP contribution in [0, 0.1) is 0 Å². The quantitative estimate of drug-likeness (QED) is 0.325. The number of hydrogen-bond donors (Lipinski definition) is 2. The Balaban J connectivity index is 0.00000280. The number of methoxy groups -OCH3 is 1. The summed E-state index contributed by atoms with van der Waals surface area (Å²) in [6.45, 7) is 9.07. The highest BCUT2D eigenvalue weighted by Crippen LogP contribution is 2.33. The molecule has 1 heterocycles. The zero-order valence-electron chi connectivity index (χ0n) is 17.5. The Hall–Kier alpha value is -1.22. The molecular weight excluding hydrogens is 467 g/mol. The van der Waals surface area contributed by atoms with Crippen molar-refractivity contribution >= 4 is 29.9 Å². The highest BCUT2D eigenvalue weighted by atomic mass is 127. The van der Waals surface area contributed by atoms with E-state index in [1.807, 2.05) is 31.2 Å². The van der Waals surface area contributed by atoms with Crippen molar-refractivity contribution in [2.45, 2.75) is 64.3 Å². The third kappa shape index (κ3) is 6.69. The molecule has 0 radical (unpaired) electrons. The number of rotatable bonds is 8. The zero-order chi connectivity index (χ0) is 19.2. The minimum Gasteiger partial charge on any atom is -0.497 e. The highest BCUT2D eigenvalue weighted by molar-refractivity contribution is 14.0. The van der Waals surface area contributed by atoms with Crippen LogP contribution in [0.15, 0.2) is 29.3 Å². The number of nitrogens with zero attached hydrogens (tertiary/aromatic N) is 2.